The van der Waals surface area contributed by atoms with Gasteiger partial charge in [-0.15, -0.1) is 0 Å². The van der Waals surface area contributed by atoms with Gasteiger partial charge in [-0.05, 0) is 26.5 Å². The second-order valence-electron chi connectivity index (χ2n) is 3.98. The summed E-state index contributed by atoms with van der Waals surface area (Å²) in [7, 11) is 1.71. The molecule has 0 saturated carbocycles. The van der Waals surface area contributed by atoms with Crippen molar-refractivity contribution in [3.8, 4) is 0 Å². The highest BCUT2D eigenvalue weighted by molar-refractivity contribution is 5.09. The summed E-state index contributed by atoms with van der Waals surface area (Å²) in [6.45, 7) is 7.70. The van der Waals surface area contributed by atoms with E-state index in [2.05, 4.69) is 22.2 Å². The Balaban J connectivity index is 2.68. The second kappa shape index (κ2) is 6.55. The van der Waals surface area contributed by atoms with Crippen LogP contribution in [0.15, 0.2) is 6.07 Å². The molecule has 0 aliphatic heterocycles. The summed E-state index contributed by atoms with van der Waals surface area (Å²) < 4.78 is 5.17. The molecule has 0 aromatic carbocycles. The van der Waals surface area contributed by atoms with Gasteiger partial charge in [0.25, 0.3) is 0 Å². The smallest absolute Gasteiger partial charge is 0.130 e. The van der Waals surface area contributed by atoms with Crippen LogP contribution >= 0.6 is 0 Å². The van der Waals surface area contributed by atoms with Crippen molar-refractivity contribution in [3.05, 3.63) is 23.3 Å². The Hall–Kier alpha value is -1.00. The molecule has 1 atom stereocenters. The van der Waals surface area contributed by atoms with Crippen molar-refractivity contribution in [2.75, 3.05) is 20.3 Å². The summed E-state index contributed by atoms with van der Waals surface area (Å²) in [6, 6.07) is 2.28. The number of hydrogen-bond acceptors (Lipinski definition) is 4. The van der Waals surface area contributed by atoms with Gasteiger partial charge in [-0.25, -0.2) is 9.97 Å². The van der Waals surface area contributed by atoms with Crippen molar-refractivity contribution in [1.82, 2.24) is 15.3 Å². The molecule has 0 saturated heterocycles. The molecule has 1 rings (SSSR count). The number of ether oxygens (including phenoxy) is 1. The Bertz CT molecular complexity index is 302. The van der Waals surface area contributed by atoms with Crippen LogP contribution in [-0.4, -0.2) is 36.3 Å². The Morgan fingerprint density at radius 3 is 2.44 bits per heavy atom. The van der Waals surface area contributed by atoms with Crippen molar-refractivity contribution in [3.63, 3.8) is 0 Å². The van der Waals surface area contributed by atoms with Crippen LogP contribution in [-0.2, 0) is 11.2 Å². The van der Waals surface area contributed by atoms with Gasteiger partial charge in [0.2, 0.25) is 0 Å². The molecule has 4 nitrogen and oxygen atoms in total. The van der Waals surface area contributed by atoms with E-state index in [1.165, 1.54) is 0 Å². The number of likely N-dealkylation sites (N-methyl/N-ethyl adjacent to an activating group) is 1. The van der Waals surface area contributed by atoms with Crippen LogP contribution in [0.2, 0.25) is 0 Å². The highest BCUT2D eigenvalue weighted by Gasteiger charge is 2.10. The van der Waals surface area contributed by atoms with Gasteiger partial charge in [0, 0.05) is 31.0 Å². The molecule has 0 spiro atoms. The van der Waals surface area contributed by atoms with Crippen LogP contribution in [0, 0.1) is 13.8 Å². The lowest BCUT2D eigenvalue weighted by atomic mass is 10.2. The van der Waals surface area contributed by atoms with Gasteiger partial charge < -0.3 is 10.1 Å². The van der Waals surface area contributed by atoms with Crippen LogP contribution in [0.5, 0.6) is 0 Å². The third-order valence-electron chi connectivity index (χ3n) is 2.32. The van der Waals surface area contributed by atoms with Crippen molar-refractivity contribution < 1.29 is 4.74 Å². The fourth-order valence-corrected chi connectivity index (χ4v) is 1.79. The minimum absolute atomic E-state index is 0.288. The van der Waals surface area contributed by atoms with E-state index in [9.17, 15) is 0 Å². The average Bonchev–Trinajstić information content (AvgIpc) is 2.16. The molecule has 1 unspecified atom stereocenters. The van der Waals surface area contributed by atoms with E-state index in [1.807, 2.05) is 19.9 Å². The predicted octanol–water partition coefficient (Wildman–Crippen LogP) is 1.26. The van der Waals surface area contributed by atoms with E-state index in [1.54, 1.807) is 7.11 Å². The number of aryl methyl sites for hydroxylation is 2. The lowest BCUT2D eigenvalue weighted by Gasteiger charge is -2.16. The standard InChI is InChI=1S/C12H21N3O/c1-5-13-11(8-16-4)7-12-14-9(2)6-10(3)15-12/h6,11,13H,5,7-8H2,1-4H3. The van der Waals surface area contributed by atoms with E-state index in [4.69, 9.17) is 4.74 Å². The third kappa shape index (κ3) is 4.24. The summed E-state index contributed by atoms with van der Waals surface area (Å²) in [6.07, 6.45) is 0.810. The fraction of sp³-hybridized carbons (Fsp3) is 0.667. The van der Waals surface area contributed by atoms with E-state index in [-0.39, 0.29) is 6.04 Å². The first-order valence-electron chi connectivity index (χ1n) is 5.69. The zero-order valence-electron chi connectivity index (χ0n) is 10.6. The van der Waals surface area contributed by atoms with Crippen LogP contribution in [0.1, 0.15) is 24.1 Å². The molecule has 1 N–H and O–H groups in total. The monoisotopic (exact) mass is 223 g/mol. The SMILES string of the molecule is CCNC(COC)Cc1nc(C)cc(C)n1. The highest BCUT2D eigenvalue weighted by atomic mass is 16.5. The second-order valence-corrected chi connectivity index (χ2v) is 3.98. The molecule has 1 aromatic heterocycles. The summed E-state index contributed by atoms with van der Waals surface area (Å²) >= 11 is 0. The van der Waals surface area contributed by atoms with Crippen LogP contribution in [0.4, 0.5) is 0 Å². The van der Waals surface area contributed by atoms with E-state index in [0.717, 1.165) is 30.2 Å². The topological polar surface area (TPSA) is 47.0 Å². The molecule has 0 radical (unpaired) electrons. The third-order valence-corrected chi connectivity index (χ3v) is 2.32. The minimum Gasteiger partial charge on any atom is -0.383 e. The number of nitrogens with zero attached hydrogens (tertiary/aromatic N) is 2. The van der Waals surface area contributed by atoms with E-state index < -0.39 is 0 Å². The van der Waals surface area contributed by atoms with Gasteiger partial charge in [0.15, 0.2) is 0 Å². The molecule has 0 bridgehead atoms. The molecular weight excluding hydrogens is 202 g/mol. The lowest BCUT2D eigenvalue weighted by molar-refractivity contribution is 0.166. The van der Waals surface area contributed by atoms with Crippen LogP contribution in [0.3, 0.4) is 0 Å². The number of nitrogens with one attached hydrogen (secondary N) is 1. The van der Waals surface area contributed by atoms with Gasteiger partial charge in [-0.3, -0.25) is 0 Å². The number of rotatable bonds is 6. The van der Waals surface area contributed by atoms with Gasteiger partial charge in [0.05, 0.1) is 6.61 Å². The molecule has 90 valence electrons. The Morgan fingerprint density at radius 1 is 1.31 bits per heavy atom. The minimum atomic E-state index is 0.288. The largest absolute Gasteiger partial charge is 0.383 e. The molecule has 16 heavy (non-hydrogen) atoms. The van der Waals surface area contributed by atoms with Crippen molar-refractivity contribution in [2.24, 2.45) is 0 Å². The molecule has 0 amide bonds. The first-order valence-corrected chi connectivity index (χ1v) is 5.69. The predicted molar refractivity (Wildman–Crippen MR) is 64.6 cm³/mol. The van der Waals surface area contributed by atoms with Gasteiger partial charge in [-0.2, -0.15) is 0 Å². The summed E-state index contributed by atoms with van der Waals surface area (Å²) in [5, 5.41) is 3.37. The number of hydrogen-bond donors (Lipinski definition) is 1. The molecule has 0 aliphatic carbocycles. The van der Waals surface area contributed by atoms with Crippen molar-refractivity contribution in [1.29, 1.82) is 0 Å². The maximum atomic E-state index is 5.17. The van der Waals surface area contributed by atoms with Crippen LogP contribution in [0.25, 0.3) is 0 Å². The maximum absolute atomic E-state index is 5.17. The molecule has 1 heterocycles. The van der Waals surface area contributed by atoms with Crippen molar-refractivity contribution >= 4 is 0 Å². The quantitative estimate of drug-likeness (QED) is 0.788. The summed E-state index contributed by atoms with van der Waals surface area (Å²) in [5.41, 5.74) is 2.05. The van der Waals surface area contributed by atoms with E-state index >= 15 is 0 Å². The molecule has 4 heteroatoms. The highest BCUT2D eigenvalue weighted by Crippen LogP contribution is 2.02. The van der Waals surface area contributed by atoms with Gasteiger partial charge in [-0.1, -0.05) is 6.92 Å². The van der Waals surface area contributed by atoms with Crippen LogP contribution < -0.4 is 5.32 Å². The Morgan fingerprint density at radius 2 is 1.94 bits per heavy atom. The number of aromatic nitrogens is 2. The normalized spacial score (nSPS) is 12.8. The van der Waals surface area contributed by atoms with Gasteiger partial charge >= 0.3 is 0 Å². The summed E-state index contributed by atoms with van der Waals surface area (Å²) in [4.78, 5) is 8.86. The first-order chi connectivity index (χ1) is 7.65. The molecule has 0 fully saturated rings. The molecular formula is C12H21N3O. The number of methoxy groups -OCH3 is 1. The van der Waals surface area contributed by atoms with Crippen molar-refractivity contribution in [2.45, 2.75) is 33.2 Å². The molecule has 1 aromatic rings. The Labute approximate surface area is 97.5 Å². The lowest BCUT2D eigenvalue weighted by Crippen LogP contribution is -2.35. The van der Waals surface area contributed by atoms with E-state index in [0.29, 0.717) is 6.61 Å². The molecule has 0 aliphatic rings. The zero-order valence-corrected chi connectivity index (χ0v) is 10.6. The first kappa shape index (κ1) is 13.1. The maximum Gasteiger partial charge on any atom is 0.130 e. The Kier molecular flexibility index (Phi) is 5.35. The summed E-state index contributed by atoms with van der Waals surface area (Å²) in [5.74, 6) is 0.889. The van der Waals surface area contributed by atoms with Gasteiger partial charge in [0.1, 0.15) is 5.82 Å². The fourth-order valence-electron chi connectivity index (χ4n) is 1.79. The average molecular weight is 223 g/mol. The zero-order chi connectivity index (χ0) is 12.0.